The van der Waals surface area contributed by atoms with E-state index in [1.807, 2.05) is 4.90 Å². The molecule has 2 fully saturated rings. The third kappa shape index (κ3) is 2.63. The number of imidazole rings is 1. The standard InChI is InChI=1S/C19H15ClFN7O2/c20-11-2-1-3-12(15(11)21)27-4-9-10(5-27)14(9)17-25-13(30-26-17)6-28-8-24-18-16(19(28)29)22-7-23-18/h1-3,7-10,14H,4-6H2,(H,22,23). The smallest absolute Gasteiger partial charge is 0.279 e. The molecule has 1 saturated heterocycles. The first kappa shape index (κ1) is 17.6. The lowest BCUT2D eigenvalue weighted by atomic mass is 10.2. The number of piperidine rings is 1. The van der Waals surface area contributed by atoms with E-state index in [2.05, 4.69) is 25.1 Å². The van der Waals surface area contributed by atoms with Gasteiger partial charge in [0.25, 0.3) is 5.56 Å². The molecule has 2 aliphatic rings. The number of anilines is 1. The summed E-state index contributed by atoms with van der Waals surface area (Å²) in [6.07, 6.45) is 2.84. The average Bonchev–Trinajstić information content (AvgIpc) is 3.21. The Morgan fingerprint density at radius 2 is 2.10 bits per heavy atom. The van der Waals surface area contributed by atoms with Crippen molar-refractivity contribution in [2.45, 2.75) is 12.5 Å². The molecule has 1 aliphatic heterocycles. The number of hydrogen-bond donors (Lipinski definition) is 1. The van der Waals surface area contributed by atoms with Gasteiger partial charge in [-0.3, -0.25) is 9.36 Å². The number of aromatic nitrogens is 6. The van der Waals surface area contributed by atoms with Crippen molar-refractivity contribution < 1.29 is 8.91 Å². The zero-order chi connectivity index (χ0) is 20.4. The highest BCUT2D eigenvalue weighted by Crippen LogP contribution is 2.58. The Labute approximate surface area is 173 Å². The van der Waals surface area contributed by atoms with Gasteiger partial charge >= 0.3 is 0 Å². The third-order valence-corrected chi connectivity index (χ3v) is 6.26. The molecule has 4 heterocycles. The molecule has 1 aromatic carbocycles. The van der Waals surface area contributed by atoms with Gasteiger partial charge in [0, 0.05) is 19.0 Å². The van der Waals surface area contributed by atoms with Crippen LogP contribution in [0.25, 0.3) is 11.2 Å². The quantitative estimate of drug-likeness (QED) is 0.532. The number of rotatable bonds is 4. The van der Waals surface area contributed by atoms with Crippen LogP contribution in [0.5, 0.6) is 0 Å². The number of nitrogens with one attached hydrogen (secondary N) is 1. The van der Waals surface area contributed by atoms with Crippen molar-refractivity contribution in [1.82, 2.24) is 29.7 Å². The van der Waals surface area contributed by atoms with Crippen molar-refractivity contribution >= 4 is 28.5 Å². The minimum atomic E-state index is -0.382. The maximum atomic E-state index is 14.3. The van der Waals surface area contributed by atoms with Crippen LogP contribution in [0.15, 0.2) is 40.2 Å². The van der Waals surface area contributed by atoms with Gasteiger partial charge in [-0.25, -0.2) is 14.4 Å². The molecule has 9 nitrogen and oxygen atoms in total. The summed E-state index contributed by atoms with van der Waals surface area (Å²) in [5.74, 6) is 1.47. The number of H-pyrrole nitrogens is 1. The summed E-state index contributed by atoms with van der Waals surface area (Å²) < 4.78 is 21.0. The van der Waals surface area contributed by atoms with Gasteiger partial charge in [-0.2, -0.15) is 4.98 Å². The van der Waals surface area contributed by atoms with Crippen LogP contribution in [0.4, 0.5) is 10.1 Å². The van der Waals surface area contributed by atoms with E-state index >= 15 is 0 Å². The lowest BCUT2D eigenvalue weighted by molar-refractivity contribution is 0.363. The van der Waals surface area contributed by atoms with E-state index in [0.29, 0.717) is 40.4 Å². The van der Waals surface area contributed by atoms with Crippen LogP contribution >= 0.6 is 11.6 Å². The molecule has 2 unspecified atom stereocenters. The van der Waals surface area contributed by atoms with Crippen LogP contribution < -0.4 is 10.5 Å². The summed E-state index contributed by atoms with van der Waals surface area (Å²) in [6.45, 7) is 1.57. The monoisotopic (exact) mass is 427 g/mol. The molecule has 30 heavy (non-hydrogen) atoms. The van der Waals surface area contributed by atoms with Crippen molar-refractivity contribution in [2.24, 2.45) is 11.8 Å². The first-order chi connectivity index (χ1) is 14.6. The van der Waals surface area contributed by atoms with Crippen molar-refractivity contribution in [1.29, 1.82) is 0 Å². The molecular formula is C19H15ClFN7O2. The second-order valence-electron chi connectivity index (χ2n) is 7.66. The second kappa shape index (κ2) is 6.36. The van der Waals surface area contributed by atoms with E-state index in [9.17, 15) is 9.18 Å². The van der Waals surface area contributed by atoms with Crippen LogP contribution in [0, 0.1) is 17.7 Å². The Kier molecular flexibility index (Phi) is 3.73. The third-order valence-electron chi connectivity index (χ3n) is 5.97. The molecule has 1 aliphatic carbocycles. The SMILES string of the molecule is O=c1c2[nH]cnc2ncn1Cc1nc(C2C3CN(c4cccc(Cl)c4F)CC32)no1. The molecule has 1 saturated carbocycles. The summed E-state index contributed by atoms with van der Waals surface area (Å²) in [4.78, 5) is 29.8. The summed E-state index contributed by atoms with van der Waals surface area (Å²) in [5, 5.41) is 4.24. The Hall–Kier alpha value is -3.27. The largest absolute Gasteiger partial charge is 0.368 e. The van der Waals surface area contributed by atoms with Crippen LogP contribution in [0.1, 0.15) is 17.6 Å². The molecule has 4 aromatic rings. The molecule has 11 heteroatoms. The second-order valence-corrected chi connectivity index (χ2v) is 8.06. The first-order valence-electron chi connectivity index (χ1n) is 9.50. The Balaban J connectivity index is 1.17. The average molecular weight is 428 g/mol. The van der Waals surface area contributed by atoms with Gasteiger partial charge in [0.2, 0.25) is 5.89 Å². The van der Waals surface area contributed by atoms with E-state index in [1.165, 1.54) is 17.2 Å². The summed E-state index contributed by atoms with van der Waals surface area (Å²) in [5.41, 5.74) is 0.985. The molecule has 1 N–H and O–H groups in total. The minimum absolute atomic E-state index is 0.130. The zero-order valence-electron chi connectivity index (χ0n) is 15.5. The maximum absolute atomic E-state index is 14.3. The van der Waals surface area contributed by atoms with Crippen LogP contribution in [-0.4, -0.2) is 42.7 Å². The van der Waals surface area contributed by atoms with Crippen LogP contribution in [0.3, 0.4) is 0 Å². The topological polar surface area (TPSA) is 106 Å². The number of hydrogen-bond acceptors (Lipinski definition) is 7. The van der Waals surface area contributed by atoms with E-state index < -0.39 is 0 Å². The van der Waals surface area contributed by atoms with Gasteiger partial charge in [-0.05, 0) is 24.0 Å². The highest BCUT2D eigenvalue weighted by atomic mass is 35.5. The highest BCUT2D eigenvalue weighted by molar-refractivity contribution is 6.31. The molecule has 6 rings (SSSR count). The van der Waals surface area contributed by atoms with Gasteiger partial charge in [-0.15, -0.1) is 0 Å². The molecular weight excluding hydrogens is 413 g/mol. The molecule has 0 bridgehead atoms. The van der Waals surface area contributed by atoms with Gasteiger partial charge in [0.05, 0.1) is 17.0 Å². The Morgan fingerprint density at radius 1 is 1.27 bits per heavy atom. The fraction of sp³-hybridized carbons (Fsp3) is 0.316. The van der Waals surface area contributed by atoms with Crippen molar-refractivity contribution in [3.63, 3.8) is 0 Å². The lowest BCUT2D eigenvalue weighted by Crippen LogP contribution is -2.24. The lowest BCUT2D eigenvalue weighted by Gasteiger charge is -2.22. The van der Waals surface area contributed by atoms with Gasteiger partial charge in [-0.1, -0.05) is 22.8 Å². The fourth-order valence-electron chi connectivity index (χ4n) is 4.43. The molecule has 0 spiro atoms. The summed E-state index contributed by atoms with van der Waals surface area (Å²) >= 11 is 5.90. The van der Waals surface area contributed by atoms with Crippen molar-refractivity contribution in [3.05, 3.63) is 63.8 Å². The van der Waals surface area contributed by atoms with Gasteiger partial charge in [0.1, 0.15) is 12.9 Å². The van der Waals surface area contributed by atoms with Crippen molar-refractivity contribution in [3.8, 4) is 0 Å². The molecule has 0 amide bonds. The van der Waals surface area contributed by atoms with Gasteiger partial charge < -0.3 is 14.4 Å². The minimum Gasteiger partial charge on any atom is -0.368 e. The molecule has 152 valence electrons. The van der Waals surface area contributed by atoms with Crippen LogP contribution in [0.2, 0.25) is 5.02 Å². The number of halogens is 2. The summed E-state index contributed by atoms with van der Waals surface area (Å²) in [7, 11) is 0. The number of fused-ring (bicyclic) bond motifs is 2. The molecule has 2 atom stereocenters. The Bertz CT molecular complexity index is 1320. The molecule has 0 radical (unpaired) electrons. The fourth-order valence-corrected chi connectivity index (χ4v) is 4.60. The van der Waals surface area contributed by atoms with E-state index in [4.69, 9.17) is 16.1 Å². The number of aromatic amines is 1. The molecule has 3 aromatic heterocycles. The first-order valence-corrected chi connectivity index (χ1v) is 9.88. The van der Waals surface area contributed by atoms with E-state index in [0.717, 1.165) is 13.1 Å². The predicted octanol–water partition coefficient (Wildman–Crippen LogP) is 2.19. The van der Waals surface area contributed by atoms with Gasteiger partial charge in [0.15, 0.2) is 22.8 Å². The van der Waals surface area contributed by atoms with E-state index in [-0.39, 0.29) is 28.9 Å². The summed E-state index contributed by atoms with van der Waals surface area (Å²) in [6, 6.07) is 5.05. The predicted molar refractivity (Wildman–Crippen MR) is 105 cm³/mol. The Morgan fingerprint density at radius 3 is 2.93 bits per heavy atom. The zero-order valence-corrected chi connectivity index (χ0v) is 16.3. The maximum Gasteiger partial charge on any atom is 0.279 e. The normalized spacial score (nSPS) is 22.6. The van der Waals surface area contributed by atoms with Crippen LogP contribution in [-0.2, 0) is 6.54 Å². The highest BCUT2D eigenvalue weighted by Gasteiger charge is 2.58. The number of benzene rings is 1. The number of nitrogens with zero attached hydrogens (tertiary/aromatic N) is 6. The van der Waals surface area contributed by atoms with E-state index in [1.54, 1.807) is 18.2 Å². The van der Waals surface area contributed by atoms with Crippen molar-refractivity contribution in [2.75, 3.05) is 18.0 Å².